The summed E-state index contributed by atoms with van der Waals surface area (Å²) in [5, 5.41) is 27.0. The van der Waals surface area contributed by atoms with E-state index in [-0.39, 0.29) is 31.3 Å². The number of nitrogens with one attached hydrogen (secondary N) is 2. The van der Waals surface area contributed by atoms with Crippen LogP contribution in [-0.2, 0) is 23.2 Å². The molecule has 2 aromatic rings. The molecule has 2 bridgehead atoms. The Hall–Kier alpha value is -3.47. The Morgan fingerprint density at radius 2 is 1.86 bits per heavy atom. The molecule has 1 aromatic carbocycles. The van der Waals surface area contributed by atoms with Crippen molar-refractivity contribution >= 4 is 12.0 Å². The first kappa shape index (κ1) is 26.6. The van der Waals surface area contributed by atoms with Crippen molar-refractivity contribution in [1.29, 1.82) is 0 Å². The average molecular weight is 517 g/mol. The number of carbonyl (C=O) groups is 2. The number of rotatable bonds is 5. The van der Waals surface area contributed by atoms with Crippen LogP contribution in [0.4, 0.5) is 9.18 Å². The van der Waals surface area contributed by atoms with Crippen LogP contribution in [0.2, 0.25) is 0 Å². The van der Waals surface area contributed by atoms with E-state index in [1.54, 1.807) is 33.8 Å². The summed E-state index contributed by atoms with van der Waals surface area (Å²) < 4.78 is 20.1. The molecule has 2 amide bonds. The van der Waals surface area contributed by atoms with Crippen LogP contribution < -0.4 is 16.2 Å². The minimum atomic E-state index is -1.16. The fraction of sp³-hybridized carbons (Fsp3) is 0.538. The van der Waals surface area contributed by atoms with Gasteiger partial charge in [-0.3, -0.25) is 14.2 Å². The number of amides is 2. The minimum Gasteiger partial charge on any atom is -0.501 e. The molecule has 0 saturated heterocycles. The summed E-state index contributed by atoms with van der Waals surface area (Å²) in [4.78, 5) is 43.1. The molecule has 0 atom stereocenters. The number of aromatic nitrogens is 2. The van der Waals surface area contributed by atoms with Gasteiger partial charge in [-0.1, -0.05) is 12.1 Å². The molecule has 3 heterocycles. The largest absolute Gasteiger partial charge is 0.501 e. The molecule has 11 heteroatoms. The van der Waals surface area contributed by atoms with Crippen molar-refractivity contribution in [2.75, 3.05) is 6.54 Å². The van der Waals surface area contributed by atoms with Gasteiger partial charge in [0, 0.05) is 18.5 Å². The molecule has 0 unspecified atom stereocenters. The summed E-state index contributed by atoms with van der Waals surface area (Å²) in [7, 11) is 0. The molecular formula is C26H33FN4O6. The van der Waals surface area contributed by atoms with E-state index in [1.807, 2.05) is 0 Å². The molecule has 4 N–H and O–H groups in total. The molecule has 1 fully saturated rings. The lowest BCUT2D eigenvalue weighted by molar-refractivity contribution is -0.0177. The third-order valence-corrected chi connectivity index (χ3v) is 7.07. The van der Waals surface area contributed by atoms with Crippen molar-refractivity contribution < 1.29 is 28.9 Å². The highest BCUT2D eigenvalue weighted by Gasteiger charge is 2.50. The standard InChI is InChI=1S/C26H33FN4O6/c1-15-11-16(5-6-17(15)27)12-28-20(33)18-19(32)21(34)31-14-26(36)9-7-25(8-10-26,22(31)30-18)13-29-23(35)37-24(2,3)4/h5-6,11,32,36H,7-10,12-14H2,1-4H3,(H,28,33)(H,29,35). The second-order valence-corrected chi connectivity index (χ2v) is 11.2. The molecule has 0 spiro atoms. The van der Waals surface area contributed by atoms with Crippen LogP contribution in [0.25, 0.3) is 0 Å². The van der Waals surface area contributed by atoms with Crippen LogP contribution in [0.3, 0.4) is 0 Å². The van der Waals surface area contributed by atoms with Crippen LogP contribution in [-0.4, -0.2) is 49.5 Å². The molecule has 5 rings (SSSR count). The maximum absolute atomic E-state index is 13.6. The van der Waals surface area contributed by atoms with E-state index in [4.69, 9.17) is 4.74 Å². The maximum Gasteiger partial charge on any atom is 0.407 e. The number of alkyl carbamates (subject to hydrolysis) is 1. The molecule has 0 radical (unpaired) electrons. The van der Waals surface area contributed by atoms with E-state index in [2.05, 4.69) is 15.6 Å². The Bertz CT molecular complexity index is 1290. The zero-order valence-corrected chi connectivity index (χ0v) is 21.5. The van der Waals surface area contributed by atoms with E-state index < -0.39 is 45.6 Å². The number of benzene rings is 1. The average Bonchev–Trinajstić information content (AvgIpc) is 3.02. The third kappa shape index (κ3) is 5.46. The summed E-state index contributed by atoms with van der Waals surface area (Å²) in [6.45, 7) is 6.87. The Kier molecular flexibility index (Phi) is 6.78. The minimum absolute atomic E-state index is 0.0323. The number of hydrogen-bond donors (Lipinski definition) is 4. The maximum atomic E-state index is 13.6. The molecular weight excluding hydrogens is 483 g/mol. The second kappa shape index (κ2) is 9.44. The fourth-order valence-electron chi connectivity index (χ4n) is 5.02. The third-order valence-electron chi connectivity index (χ3n) is 7.07. The summed E-state index contributed by atoms with van der Waals surface area (Å²) in [6.07, 6.45) is 0.904. The van der Waals surface area contributed by atoms with Gasteiger partial charge in [-0.25, -0.2) is 14.2 Å². The lowest BCUT2D eigenvalue weighted by Crippen LogP contribution is -2.47. The van der Waals surface area contributed by atoms with E-state index in [0.29, 0.717) is 36.8 Å². The fourth-order valence-corrected chi connectivity index (χ4v) is 5.02. The zero-order valence-electron chi connectivity index (χ0n) is 21.5. The van der Waals surface area contributed by atoms with Gasteiger partial charge >= 0.3 is 6.09 Å². The number of hydrogen-bond acceptors (Lipinski definition) is 7. The predicted molar refractivity (Wildman–Crippen MR) is 132 cm³/mol. The lowest BCUT2D eigenvalue weighted by Gasteiger charge is -2.39. The first-order valence-electron chi connectivity index (χ1n) is 12.3. The SMILES string of the molecule is Cc1cc(CNC(=O)c2nc3n(c(=O)c2O)CC2(O)CCC3(CNC(=O)OC(C)(C)C)CC2)ccc1F. The van der Waals surface area contributed by atoms with E-state index in [9.17, 15) is 29.0 Å². The monoisotopic (exact) mass is 516 g/mol. The summed E-state index contributed by atoms with van der Waals surface area (Å²) >= 11 is 0. The van der Waals surface area contributed by atoms with Gasteiger partial charge in [-0.15, -0.1) is 0 Å². The first-order chi connectivity index (χ1) is 17.2. The van der Waals surface area contributed by atoms with Crippen LogP contribution in [0, 0.1) is 12.7 Å². The molecule has 37 heavy (non-hydrogen) atoms. The number of fused-ring (bicyclic) bond motifs is 2. The molecule has 1 aliphatic carbocycles. The number of ether oxygens (including phenoxy) is 1. The van der Waals surface area contributed by atoms with E-state index in [0.717, 1.165) is 0 Å². The zero-order chi connectivity index (χ0) is 27.2. The van der Waals surface area contributed by atoms with Gasteiger partial charge in [-0.05, 0) is 70.6 Å². The smallest absolute Gasteiger partial charge is 0.407 e. The highest BCUT2D eigenvalue weighted by molar-refractivity contribution is 5.94. The number of aromatic hydroxyl groups is 1. The molecule has 1 saturated carbocycles. The molecule has 2 aliphatic heterocycles. The molecule has 1 aromatic heterocycles. The van der Waals surface area contributed by atoms with E-state index in [1.165, 1.54) is 16.7 Å². The number of halogens is 1. The van der Waals surface area contributed by atoms with Crippen molar-refractivity contribution in [3.05, 3.63) is 57.0 Å². The number of aliphatic hydroxyl groups is 1. The Labute approximate surface area is 213 Å². The number of carbonyl (C=O) groups excluding carboxylic acids is 2. The van der Waals surface area contributed by atoms with Gasteiger partial charge in [0.1, 0.15) is 17.2 Å². The molecule has 3 aliphatic rings. The van der Waals surface area contributed by atoms with Gasteiger partial charge in [0.15, 0.2) is 5.69 Å². The van der Waals surface area contributed by atoms with Gasteiger partial charge < -0.3 is 25.6 Å². The van der Waals surface area contributed by atoms with Crippen molar-refractivity contribution in [2.24, 2.45) is 0 Å². The Balaban J connectivity index is 1.66. The van der Waals surface area contributed by atoms with Crippen LogP contribution in [0.1, 0.15) is 73.9 Å². The van der Waals surface area contributed by atoms with Crippen molar-refractivity contribution in [2.45, 2.75) is 83.1 Å². The second-order valence-electron chi connectivity index (χ2n) is 11.2. The van der Waals surface area contributed by atoms with Crippen LogP contribution >= 0.6 is 0 Å². The lowest BCUT2D eigenvalue weighted by atomic mass is 9.69. The van der Waals surface area contributed by atoms with Crippen molar-refractivity contribution in [1.82, 2.24) is 20.2 Å². The van der Waals surface area contributed by atoms with Gasteiger partial charge in [0.05, 0.1) is 12.1 Å². The highest BCUT2D eigenvalue weighted by Crippen LogP contribution is 2.46. The molecule has 200 valence electrons. The topological polar surface area (TPSA) is 143 Å². The summed E-state index contributed by atoms with van der Waals surface area (Å²) in [5.41, 5.74) is -2.94. The van der Waals surface area contributed by atoms with Gasteiger partial charge in [-0.2, -0.15) is 0 Å². The Morgan fingerprint density at radius 1 is 1.19 bits per heavy atom. The highest BCUT2D eigenvalue weighted by atomic mass is 19.1. The summed E-state index contributed by atoms with van der Waals surface area (Å²) in [6, 6.07) is 4.41. The first-order valence-corrected chi connectivity index (χ1v) is 12.3. The van der Waals surface area contributed by atoms with Gasteiger partial charge in [0.2, 0.25) is 5.75 Å². The Morgan fingerprint density at radius 3 is 2.49 bits per heavy atom. The van der Waals surface area contributed by atoms with Crippen molar-refractivity contribution in [3.63, 3.8) is 0 Å². The molecule has 10 nitrogen and oxygen atoms in total. The number of nitrogens with zero attached hydrogens (tertiary/aromatic N) is 2. The normalized spacial score (nSPS) is 22.6. The van der Waals surface area contributed by atoms with Crippen molar-refractivity contribution in [3.8, 4) is 5.75 Å². The van der Waals surface area contributed by atoms with Crippen LogP contribution in [0.15, 0.2) is 23.0 Å². The van der Waals surface area contributed by atoms with Gasteiger partial charge in [0.25, 0.3) is 11.5 Å². The van der Waals surface area contributed by atoms with E-state index >= 15 is 0 Å². The predicted octanol–water partition coefficient (Wildman–Crippen LogP) is 2.41. The number of aryl methyl sites for hydroxylation is 1. The summed E-state index contributed by atoms with van der Waals surface area (Å²) in [5.74, 6) is -1.73. The quantitative estimate of drug-likeness (QED) is 0.478. The van der Waals surface area contributed by atoms with Crippen LogP contribution in [0.5, 0.6) is 5.75 Å².